The highest BCUT2D eigenvalue weighted by atomic mass is 16.5. The first-order chi connectivity index (χ1) is 8.55. The zero-order chi connectivity index (χ0) is 15.3. The molecule has 0 aliphatic rings. The number of hydrogen-bond donors (Lipinski definition) is 1. The first-order valence-electron chi connectivity index (χ1n) is 7.98. The van der Waals surface area contributed by atoms with Gasteiger partial charge in [0.15, 0.2) is 0 Å². The maximum Gasteiger partial charge on any atom is 0.0688 e. The van der Waals surface area contributed by atoms with Gasteiger partial charge in [0.2, 0.25) is 0 Å². The fourth-order valence-electron chi connectivity index (χ4n) is 2.61. The molecular weight excluding hydrogens is 236 g/mol. The smallest absolute Gasteiger partial charge is 0.0688 e. The molecule has 0 heterocycles. The third kappa shape index (κ3) is 5.83. The normalized spacial score (nSPS) is 20.7. The van der Waals surface area contributed by atoms with Gasteiger partial charge in [0.05, 0.1) is 16.8 Å². The van der Waals surface area contributed by atoms with Crippen LogP contribution in [0.25, 0.3) is 0 Å². The van der Waals surface area contributed by atoms with E-state index in [-0.39, 0.29) is 11.2 Å². The molecule has 2 nitrogen and oxygen atoms in total. The van der Waals surface area contributed by atoms with Gasteiger partial charge in [-0.1, -0.05) is 34.1 Å². The zero-order valence-corrected chi connectivity index (χ0v) is 14.5. The second-order valence-corrected chi connectivity index (χ2v) is 7.04. The number of ether oxygens (including phenoxy) is 1. The van der Waals surface area contributed by atoms with E-state index in [9.17, 15) is 5.11 Å². The van der Waals surface area contributed by atoms with Crippen molar-refractivity contribution in [3.63, 3.8) is 0 Å². The molecule has 0 spiro atoms. The van der Waals surface area contributed by atoms with E-state index in [1.807, 2.05) is 13.8 Å². The van der Waals surface area contributed by atoms with E-state index >= 15 is 0 Å². The van der Waals surface area contributed by atoms with Crippen molar-refractivity contribution < 1.29 is 9.84 Å². The predicted octanol–water partition coefficient (Wildman–Crippen LogP) is 4.94. The maximum atomic E-state index is 10.4. The van der Waals surface area contributed by atoms with E-state index in [0.717, 1.165) is 32.1 Å². The van der Waals surface area contributed by atoms with Gasteiger partial charge in [-0.15, -0.1) is 0 Å². The van der Waals surface area contributed by atoms with E-state index in [1.165, 1.54) is 0 Å². The van der Waals surface area contributed by atoms with Crippen LogP contribution in [0, 0.1) is 5.92 Å². The van der Waals surface area contributed by atoms with Gasteiger partial charge in [-0.3, -0.25) is 0 Å². The lowest BCUT2D eigenvalue weighted by Gasteiger charge is -2.44. The molecule has 0 aliphatic carbocycles. The first-order valence-corrected chi connectivity index (χ1v) is 7.98. The van der Waals surface area contributed by atoms with E-state index < -0.39 is 5.60 Å². The molecule has 0 bridgehead atoms. The standard InChI is InChI=1S/C17H36O2/c1-9-14(13-16(7,18)11-3)17(8,12-4)19-15(5,6)10-2/h14,18H,9-13H2,1-8H3. The lowest BCUT2D eigenvalue weighted by atomic mass is 9.76. The molecule has 3 unspecified atom stereocenters. The zero-order valence-electron chi connectivity index (χ0n) is 14.5. The van der Waals surface area contributed by atoms with Gasteiger partial charge in [-0.05, 0) is 59.3 Å². The molecule has 1 N–H and O–H groups in total. The molecule has 0 fully saturated rings. The molecule has 2 heteroatoms. The molecule has 19 heavy (non-hydrogen) atoms. The molecule has 0 rings (SSSR count). The van der Waals surface area contributed by atoms with E-state index in [1.54, 1.807) is 0 Å². The molecule has 0 aromatic carbocycles. The molecule has 0 saturated carbocycles. The van der Waals surface area contributed by atoms with Crippen LogP contribution in [0.1, 0.15) is 87.5 Å². The SMILES string of the molecule is CCC(CC(C)(O)CC)C(C)(CC)OC(C)(C)CC. The van der Waals surface area contributed by atoms with Crippen molar-refractivity contribution in [3.8, 4) is 0 Å². The summed E-state index contributed by atoms with van der Waals surface area (Å²) in [7, 11) is 0. The van der Waals surface area contributed by atoms with Crippen molar-refractivity contribution in [2.45, 2.75) is 104 Å². The number of rotatable bonds is 9. The Morgan fingerprint density at radius 3 is 1.74 bits per heavy atom. The van der Waals surface area contributed by atoms with Crippen LogP contribution >= 0.6 is 0 Å². The van der Waals surface area contributed by atoms with Gasteiger partial charge in [-0.25, -0.2) is 0 Å². The first kappa shape index (κ1) is 18.9. The third-order valence-electron chi connectivity index (χ3n) is 4.87. The van der Waals surface area contributed by atoms with Crippen LogP contribution in [-0.4, -0.2) is 21.9 Å². The van der Waals surface area contributed by atoms with Crippen molar-refractivity contribution in [1.82, 2.24) is 0 Å². The Hall–Kier alpha value is -0.0800. The quantitative estimate of drug-likeness (QED) is 0.644. The lowest BCUT2D eigenvalue weighted by Crippen LogP contribution is -2.46. The van der Waals surface area contributed by atoms with Crippen LogP contribution in [0.15, 0.2) is 0 Å². The molecule has 0 amide bonds. The Morgan fingerprint density at radius 1 is 0.895 bits per heavy atom. The molecule has 0 aromatic rings. The second-order valence-electron chi connectivity index (χ2n) is 7.04. The minimum atomic E-state index is -0.586. The molecule has 0 aliphatic heterocycles. The van der Waals surface area contributed by atoms with Crippen LogP contribution < -0.4 is 0 Å². The molecule has 0 radical (unpaired) electrons. The Kier molecular flexibility index (Phi) is 7.05. The van der Waals surface area contributed by atoms with Crippen LogP contribution in [0.2, 0.25) is 0 Å². The minimum Gasteiger partial charge on any atom is -0.390 e. The molecule has 116 valence electrons. The van der Waals surface area contributed by atoms with E-state index in [2.05, 4.69) is 41.5 Å². The van der Waals surface area contributed by atoms with Gasteiger partial charge in [0.1, 0.15) is 0 Å². The van der Waals surface area contributed by atoms with Crippen molar-refractivity contribution in [2.24, 2.45) is 5.92 Å². The summed E-state index contributed by atoms with van der Waals surface area (Å²) in [6, 6.07) is 0. The maximum absolute atomic E-state index is 10.4. The van der Waals surface area contributed by atoms with Gasteiger partial charge in [-0.2, -0.15) is 0 Å². The summed E-state index contributed by atoms with van der Waals surface area (Å²) in [5, 5.41) is 10.4. The summed E-state index contributed by atoms with van der Waals surface area (Å²) in [5.74, 6) is 0.387. The fourth-order valence-corrected chi connectivity index (χ4v) is 2.61. The van der Waals surface area contributed by atoms with Crippen molar-refractivity contribution in [2.75, 3.05) is 0 Å². The summed E-state index contributed by atoms with van der Waals surface area (Å²) < 4.78 is 6.46. The van der Waals surface area contributed by atoms with Gasteiger partial charge in [0, 0.05) is 0 Å². The Morgan fingerprint density at radius 2 is 1.42 bits per heavy atom. The molecule has 0 aromatic heterocycles. The Bertz CT molecular complexity index is 258. The number of aliphatic hydroxyl groups is 1. The summed E-state index contributed by atoms with van der Waals surface area (Å²) >= 11 is 0. The average Bonchev–Trinajstić information content (AvgIpc) is 2.35. The van der Waals surface area contributed by atoms with Crippen molar-refractivity contribution in [3.05, 3.63) is 0 Å². The lowest BCUT2D eigenvalue weighted by molar-refractivity contribution is -0.172. The minimum absolute atomic E-state index is 0.101. The third-order valence-corrected chi connectivity index (χ3v) is 4.87. The summed E-state index contributed by atoms with van der Waals surface area (Å²) in [6.45, 7) is 17.1. The molecular formula is C17H36O2. The molecule has 0 saturated heterocycles. The van der Waals surface area contributed by atoms with Crippen LogP contribution in [0.4, 0.5) is 0 Å². The summed E-state index contributed by atoms with van der Waals surface area (Å²) in [4.78, 5) is 0. The topological polar surface area (TPSA) is 29.5 Å². The number of hydrogen-bond acceptors (Lipinski definition) is 2. The largest absolute Gasteiger partial charge is 0.390 e. The predicted molar refractivity (Wildman–Crippen MR) is 83.5 cm³/mol. The Balaban J connectivity index is 5.05. The van der Waals surface area contributed by atoms with Crippen molar-refractivity contribution >= 4 is 0 Å². The second kappa shape index (κ2) is 7.08. The van der Waals surface area contributed by atoms with Crippen LogP contribution in [0.3, 0.4) is 0 Å². The van der Waals surface area contributed by atoms with Gasteiger partial charge < -0.3 is 9.84 Å². The highest BCUT2D eigenvalue weighted by Crippen LogP contribution is 2.38. The van der Waals surface area contributed by atoms with Crippen molar-refractivity contribution in [1.29, 1.82) is 0 Å². The summed E-state index contributed by atoms with van der Waals surface area (Å²) in [5.41, 5.74) is -0.847. The van der Waals surface area contributed by atoms with Gasteiger partial charge in [0.25, 0.3) is 0 Å². The highest BCUT2D eigenvalue weighted by molar-refractivity contribution is 4.89. The monoisotopic (exact) mass is 272 g/mol. The highest BCUT2D eigenvalue weighted by Gasteiger charge is 2.39. The molecule has 3 atom stereocenters. The van der Waals surface area contributed by atoms with E-state index in [0.29, 0.717) is 5.92 Å². The Labute approximate surface area is 120 Å². The van der Waals surface area contributed by atoms with Crippen LogP contribution in [-0.2, 0) is 4.74 Å². The summed E-state index contributed by atoms with van der Waals surface area (Å²) in [6.07, 6.45) is 4.63. The van der Waals surface area contributed by atoms with E-state index in [4.69, 9.17) is 4.74 Å². The fraction of sp³-hybridized carbons (Fsp3) is 1.00. The average molecular weight is 272 g/mol. The van der Waals surface area contributed by atoms with Gasteiger partial charge >= 0.3 is 0 Å². The van der Waals surface area contributed by atoms with Crippen LogP contribution in [0.5, 0.6) is 0 Å².